The number of rotatable bonds is 5. The number of nitrogens with one attached hydrogen (secondary N) is 1. The van der Waals surface area contributed by atoms with Crippen LogP contribution in [0.2, 0.25) is 5.02 Å². The highest BCUT2D eigenvalue weighted by molar-refractivity contribution is 6.31. The minimum absolute atomic E-state index is 0.200. The summed E-state index contributed by atoms with van der Waals surface area (Å²) in [6.07, 6.45) is 1.18. The molecule has 1 aliphatic heterocycles. The summed E-state index contributed by atoms with van der Waals surface area (Å²) in [5.41, 5.74) is 0.863. The molecule has 1 fully saturated rings. The van der Waals surface area contributed by atoms with Gasteiger partial charge in [-0.1, -0.05) is 37.6 Å². The van der Waals surface area contributed by atoms with E-state index in [9.17, 15) is 4.39 Å². The molecule has 4 heteroatoms. The summed E-state index contributed by atoms with van der Waals surface area (Å²) >= 11 is 6.11. The summed E-state index contributed by atoms with van der Waals surface area (Å²) in [5, 5.41) is 3.78. The average Bonchev–Trinajstić information content (AvgIpc) is 2.68. The predicted molar refractivity (Wildman–Crippen MR) is 85.2 cm³/mol. The van der Waals surface area contributed by atoms with E-state index >= 15 is 0 Å². The van der Waals surface area contributed by atoms with Crippen LogP contribution in [0.1, 0.15) is 33.3 Å². The third-order valence-electron chi connectivity index (χ3n) is 4.72. The highest BCUT2D eigenvalue weighted by Crippen LogP contribution is 2.36. The second-order valence-electron chi connectivity index (χ2n) is 6.06. The zero-order valence-electron chi connectivity index (χ0n) is 13.2. The second-order valence-corrected chi connectivity index (χ2v) is 6.44. The molecule has 0 aromatic heterocycles. The van der Waals surface area contributed by atoms with E-state index in [1.807, 2.05) is 6.07 Å². The van der Waals surface area contributed by atoms with Crippen molar-refractivity contribution in [2.45, 2.75) is 52.4 Å². The Labute approximate surface area is 132 Å². The molecular formula is C17H25ClFNO. The first-order valence-electron chi connectivity index (χ1n) is 7.77. The molecule has 21 heavy (non-hydrogen) atoms. The molecule has 0 saturated carbocycles. The average molecular weight is 314 g/mol. The lowest BCUT2D eigenvalue weighted by Crippen LogP contribution is -2.43. The van der Waals surface area contributed by atoms with Crippen molar-refractivity contribution in [2.24, 2.45) is 11.8 Å². The Balaban J connectivity index is 2.21. The van der Waals surface area contributed by atoms with Gasteiger partial charge in [-0.15, -0.1) is 0 Å². The molecular weight excluding hydrogens is 289 g/mol. The molecule has 2 nitrogen and oxygen atoms in total. The minimum atomic E-state index is -0.346. The van der Waals surface area contributed by atoms with Gasteiger partial charge in [0.15, 0.2) is 0 Å². The normalized spacial score (nSPS) is 30.6. The molecule has 0 amide bonds. The van der Waals surface area contributed by atoms with Gasteiger partial charge in [-0.05, 0) is 44.4 Å². The number of halogens is 2. The molecule has 0 bridgehead atoms. The smallest absolute Gasteiger partial charge is 0.142 e. The lowest BCUT2D eigenvalue weighted by molar-refractivity contribution is 0.0476. The van der Waals surface area contributed by atoms with Gasteiger partial charge in [-0.25, -0.2) is 4.39 Å². The Bertz CT molecular complexity index is 482. The molecule has 118 valence electrons. The fraction of sp³-hybridized carbons (Fsp3) is 0.647. The molecule has 0 radical (unpaired) electrons. The van der Waals surface area contributed by atoms with Crippen LogP contribution in [0.5, 0.6) is 0 Å². The quantitative estimate of drug-likeness (QED) is 0.885. The largest absolute Gasteiger partial charge is 0.375 e. The molecule has 1 aliphatic rings. The van der Waals surface area contributed by atoms with E-state index in [1.165, 1.54) is 6.07 Å². The first kappa shape index (κ1) is 16.7. The predicted octanol–water partition coefficient (Wildman–Crippen LogP) is 4.06. The first-order valence-corrected chi connectivity index (χ1v) is 8.15. The van der Waals surface area contributed by atoms with Crippen molar-refractivity contribution in [1.82, 2.24) is 5.32 Å². The lowest BCUT2D eigenvalue weighted by atomic mass is 9.81. The van der Waals surface area contributed by atoms with Crippen LogP contribution < -0.4 is 5.32 Å². The third kappa shape index (κ3) is 3.58. The van der Waals surface area contributed by atoms with E-state index in [0.29, 0.717) is 11.8 Å². The van der Waals surface area contributed by atoms with Crippen LogP contribution in [0.15, 0.2) is 18.2 Å². The van der Waals surface area contributed by atoms with Gasteiger partial charge in [-0.3, -0.25) is 0 Å². The van der Waals surface area contributed by atoms with Crippen molar-refractivity contribution < 1.29 is 9.13 Å². The van der Waals surface area contributed by atoms with Crippen LogP contribution >= 0.6 is 11.6 Å². The van der Waals surface area contributed by atoms with Gasteiger partial charge in [-0.2, -0.15) is 0 Å². The monoisotopic (exact) mass is 313 g/mol. The first-order chi connectivity index (χ1) is 9.95. The summed E-state index contributed by atoms with van der Waals surface area (Å²) in [7, 11) is 0. The SMILES string of the molecule is CCNC(Cc1cccc(F)c1Cl)C1C(C)OC(C)C1C. The fourth-order valence-corrected chi connectivity index (χ4v) is 3.74. The van der Waals surface area contributed by atoms with Crippen molar-refractivity contribution in [3.05, 3.63) is 34.6 Å². The Hall–Kier alpha value is -0.640. The van der Waals surface area contributed by atoms with Gasteiger partial charge in [0.2, 0.25) is 0 Å². The molecule has 1 aromatic rings. The Morgan fingerprint density at radius 1 is 1.29 bits per heavy atom. The number of hydrogen-bond acceptors (Lipinski definition) is 2. The molecule has 0 aliphatic carbocycles. The van der Waals surface area contributed by atoms with Crippen molar-refractivity contribution in [3.63, 3.8) is 0 Å². The number of ether oxygens (including phenoxy) is 1. The Morgan fingerprint density at radius 3 is 2.57 bits per heavy atom. The van der Waals surface area contributed by atoms with Gasteiger partial charge in [0.1, 0.15) is 5.82 Å². The number of benzene rings is 1. The van der Waals surface area contributed by atoms with Crippen LogP contribution in [0, 0.1) is 17.7 Å². The van der Waals surface area contributed by atoms with E-state index in [2.05, 4.69) is 33.0 Å². The van der Waals surface area contributed by atoms with Crippen molar-refractivity contribution in [1.29, 1.82) is 0 Å². The Kier molecular flexibility index (Phi) is 5.64. The highest BCUT2D eigenvalue weighted by atomic mass is 35.5. The van der Waals surface area contributed by atoms with Crippen molar-refractivity contribution >= 4 is 11.6 Å². The topological polar surface area (TPSA) is 21.3 Å². The van der Waals surface area contributed by atoms with Crippen LogP contribution in [0.3, 0.4) is 0 Å². The number of hydrogen-bond donors (Lipinski definition) is 1. The molecule has 0 spiro atoms. The molecule has 5 unspecified atom stereocenters. The van der Waals surface area contributed by atoms with Gasteiger partial charge in [0, 0.05) is 12.0 Å². The number of likely N-dealkylation sites (N-methyl/N-ethyl adjacent to an activating group) is 1. The molecule has 2 rings (SSSR count). The maximum absolute atomic E-state index is 13.6. The Morgan fingerprint density at radius 2 is 2.00 bits per heavy atom. The molecule has 1 saturated heterocycles. The lowest BCUT2D eigenvalue weighted by Gasteiger charge is -2.30. The van der Waals surface area contributed by atoms with Crippen LogP contribution in [-0.2, 0) is 11.2 Å². The van der Waals surface area contributed by atoms with Crippen LogP contribution in [0.4, 0.5) is 4.39 Å². The van der Waals surface area contributed by atoms with E-state index in [1.54, 1.807) is 6.07 Å². The summed E-state index contributed by atoms with van der Waals surface area (Å²) in [6.45, 7) is 9.45. The second kappa shape index (κ2) is 7.08. The maximum atomic E-state index is 13.6. The standard InChI is InChI=1S/C17H25ClFNO/c1-5-20-15(16-10(2)11(3)21-12(16)4)9-13-7-6-8-14(19)17(13)18/h6-8,10-12,15-16,20H,5,9H2,1-4H3. The van der Waals surface area contributed by atoms with Crippen molar-refractivity contribution in [3.8, 4) is 0 Å². The van der Waals surface area contributed by atoms with Gasteiger partial charge >= 0.3 is 0 Å². The van der Waals surface area contributed by atoms with Gasteiger partial charge < -0.3 is 10.1 Å². The summed E-state index contributed by atoms with van der Waals surface area (Å²) in [5.74, 6) is 0.525. The van der Waals surface area contributed by atoms with E-state index in [4.69, 9.17) is 16.3 Å². The summed E-state index contributed by atoms with van der Waals surface area (Å²) in [6, 6.07) is 5.27. The minimum Gasteiger partial charge on any atom is -0.375 e. The molecule has 5 atom stereocenters. The van der Waals surface area contributed by atoms with Crippen LogP contribution in [-0.4, -0.2) is 24.8 Å². The van der Waals surface area contributed by atoms with E-state index in [0.717, 1.165) is 18.5 Å². The maximum Gasteiger partial charge on any atom is 0.142 e. The summed E-state index contributed by atoms with van der Waals surface area (Å²) < 4.78 is 19.6. The zero-order valence-corrected chi connectivity index (χ0v) is 14.0. The van der Waals surface area contributed by atoms with Gasteiger partial charge in [0.25, 0.3) is 0 Å². The third-order valence-corrected chi connectivity index (χ3v) is 5.14. The van der Waals surface area contributed by atoms with Crippen LogP contribution in [0.25, 0.3) is 0 Å². The zero-order chi connectivity index (χ0) is 15.6. The van der Waals surface area contributed by atoms with Crippen molar-refractivity contribution in [2.75, 3.05) is 6.54 Å². The highest BCUT2D eigenvalue weighted by Gasteiger charge is 2.41. The van der Waals surface area contributed by atoms with E-state index in [-0.39, 0.29) is 29.1 Å². The molecule has 1 aromatic carbocycles. The van der Waals surface area contributed by atoms with E-state index < -0.39 is 0 Å². The molecule has 1 heterocycles. The summed E-state index contributed by atoms with van der Waals surface area (Å²) in [4.78, 5) is 0. The van der Waals surface area contributed by atoms with Gasteiger partial charge in [0.05, 0.1) is 17.2 Å². The fourth-order valence-electron chi connectivity index (χ4n) is 3.54. The molecule has 1 N–H and O–H groups in total.